The molecule has 2 aromatic rings. The lowest BCUT2D eigenvalue weighted by Gasteiger charge is -2.13. The molecule has 8 heteroatoms. The molecule has 0 bridgehead atoms. The highest BCUT2D eigenvalue weighted by molar-refractivity contribution is 7.16. The van der Waals surface area contributed by atoms with Crippen LogP contribution in [0.3, 0.4) is 0 Å². The van der Waals surface area contributed by atoms with Crippen LogP contribution < -0.4 is 10.6 Å². The Kier molecular flexibility index (Phi) is 5.15. The van der Waals surface area contributed by atoms with E-state index < -0.39 is 0 Å². The Labute approximate surface area is 155 Å². The monoisotopic (exact) mass is 380 g/mol. The Morgan fingerprint density at radius 3 is 2.56 bits per heavy atom. The summed E-state index contributed by atoms with van der Waals surface area (Å²) < 4.78 is 1.42. The molecule has 2 heterocycles. The Bertz CT molecular complexity index is 801. The molecule has 25 heavy (non-hydrogen) atoms. The molecule has 2 aromatic heterocycles. The highest BCUT2D eigenvalue weighted by Gasteiger charge is 2.26. The van der Waals surface area contributed by atoms with E-state index in [0.29, 0.717) is 10.6 Å². The van der Waals surface area contributed by atoms with Crippen LogP contribution in [-0.2, 0) is 7.05 Å². The van der Waals surface area contributed by atoms with E-state index in [9.17, 15) is 9.59 Å². The Hall–Kier alpha value is -1.86. The van der Waals surface area contributed by atoms with Crippen molar-refractivity contribution >= 4 is 39.8 Å². The molecule has 2 amide bonds. The van der Waals surface area contributed by atoms with E-state index in [4.69, 9.17) is 11.6 Å². The van der Waals surface area contributed by atoms with E-state index in [1.165, 1.54) is 22.2 Å². The fourth-order valence-corrected chi connectivity index (χ4v) is 4.45. The molecular weight excluding hydrogens is 360 g/mol. The van der Waals surface area contributed by atoms with Crippen LogP contribution in [-0.4, -0.2) is 27.6 Å². The highest BCUT2D eigenvalue weighted by atomic mass is 35.5. The second kappa shape index (κ2) is 7.17. The number of amides is 2. The lowest BCUT2D eigenvalue weighted by molar-refractivity contribution is 0.0938. The minimum atomic E-state index is -0.374. The average molecular weight is 381 g/mol. The van der Waals surface area contributed by atoms with Crippen molar-refractivity contribution in [3.63, 3.8) is 0 Å². The van der Waals surface area contributed by atoms with Gasteiger partial charge in [0.2, 0.25) is 0 Å². The zero-order chi connectivity index (χ0) is 18.1. The van der Waals surface area contributed by atoms with Gasteiger partial charge in [0.05, 0.1) is 16.8 Å². The van der Waals surface area contributed by atoms with Crippen LogP contribution in [0.15, 0.2) is 6.20 Å². The summed E-state index contributed by atoms with van der Waals surface area (Å²) in [6.07, 6.45) is 5.75. The molecule has 1 aliphatic carbocycles. The number of hydrogen-bond donors (Lipinski definition) is 2. The van der Waals surface area contributed by atoms with Crippen molar-refractivity contribution in [1.29, 1.82) is 0 Å². The van der Waals surface area contributed by atoms with Gasteiger partial charge in [-0.15, -0.1) is 11.3 Å². The van der Waals surface area contributed by atoms with Crippen molar-refractivity contribution in [2.24, 2.45) is 7.05 Å². The number of aromatic nitrogens is 2. The predicted molar refractivity (Wildman–Crippen MR) is 99.7 cm³/mol. The van der Waals surface area contributed by atoms with Gasteiger partial charge in [-0.2, -0.15) is 5.10 Å². The summed E-state index contributed by atoms with van der Waals surface area (Å²) in [6.45, 7) is 3.85. The molecule has 3 rings (SSSR count). The molecule has 0 aliphatic heterocycles. The number of rotatable bonds is 4. The van der Waals surface area contributed by atoms with Gasteiger partial charge in [-0.3, -0.25) is 14.3 Å². The fourth-order valence-electron chi connectivity index (χ4n) is 3.14. The maximum Gasteiger partial charge on any atom is 0.276 e. The fraction of sp³-hybridized carbons (Fsp3) is 0.471. The van der Waals surface area contributed by atoms with Gasteiger partial charge in [0.15, 0.2) is 0 Å². The quantitative estimate of drug-likeness (QED) is 0.849. The molecule has 0 saturated heterocycles. The summed E-state index contributed by atoms with van der Waals surface area (Å²) in [4.78, 5) is 26.3. The summed E-state index contributed by atoms with van der Waals surface area (Å²) in [5.74, 6) is -0.499. The number of carbonyl (C=O) groups excluding carboxylic acids is 2. The van der Waals surface area contributed by atoms with E-state index in [1.54, 1.807) is 7.05 Å². The first-order valence-electron chi connectivity index (χ1n) is 8.28. The van der Waals surface area contributed by atoms with E-state index in [0.717, 1.165) is 36.1 Å². The molecule has 1 aliphatic rings. The van der Waals surface area contributed by atoms with Gasteiger partial charge in [0.25, 0.3) is 11.8 Å². The first kappa shape index (κ1) is 17.9. The van der Waals surface area contributed by atoms with Gasteiger partial charge in [-0.25, -0.2) is 0 Å². The Morgan fingerprint density at radius 2 is 1.96 bits per heavy atom. The molecule has 0 aromatic carbocycles. The number of thiophene rings is 1. The minimum absolute atomic E-state index is 0.125. The average Bonchev–Trinajstić information content (AvgIpc) is 3.22. The van der Waals surface area contributed by atoms with Crippen molar-refractivity contribution < 1.29 is 9.59 Å². The number of anilines is 1. The van der Waals surface area contributed by atoms with Gasteiger partial charge >= 0.3 is 0 Å². The van der Waals surface area contributed by atoms with Crippen molar-refractivity contribution in [1.82, 2.24) is 15.1 Å². The lowest BCUT2D eigenvalue weighted by Crippen LogP contribution is -2.33. The number of nitrogens with one attached hydrogen (secondary N) is 2. The first-order valence-corrected chi connectivity index (χ1v) is 9.47. The zero-order valence-corrected chi connectivity index (χ0v) is 16.1. The van der Waals surface area contributed by atoms with Gasteiger partial charge in [-0.05, 0) is 32.3 Å². The van der Waals surface area contributed by atoms with E-state index >= 15 is 0 Å². The molecule has 134 valence electrons. The minimum Gasteiger partial charge on any atom is -0.349 e. The predicted octanol–water partition coefficient (Wildman–Crippen LogP) is 3.68. The molecule has 0 unspecified atom stereocenters. The van der Waals surface area contributed by atoms with Crippen molar-refractivity contribution in [2.75, 3.05) is 5.32 Å². The molecular formula is C17H21ClN4O2S. The van der Waals surface area contributed by atoms with Gasteiger partial charge < -0.3 is 10.6 Å². The smallest absolute Gasteiger partial charge is 0.276 e. The third-order valence-corrected chi connectivity index (χ3v) is 6.04. The van der Waals surface area contributed by atoms with Gasteiger partial charge in [0, 0.05) is 18.0 Å². The summed E-state index contributed by atoms with van der Waals surface area (Å²) in [7, 11) is 1.65. The second-order valence-electron chi connectivity index (χ2n) is 6.36. The van der Waals surface area contributed by atoms with Crippen LogP contribution in [0.2, 0.25) is 5.02 Å². The van der Waals surface area contributed by atoms with Crippen LogP contribution in [0.5, 0.6) is 0 Å². The summed E-state index contributed by atoms with van der Waals surface area (Å²) >= 11 is 7.44. The maximum atomic E-state index is 12.8. The van der Waals surface area contributed by atoms with Crippen LogP contribution in [0, 0.1) is 13.8 Å². The van der Waals surface area contributed by atoms with Crippen LogP contribution in [0.4, 0.5) is 5.00 Å². The van der Waals surface area contributed by atoms with Crippen LogP contribution in [0.25, 0.3) is 0 Å². The molecule has 0 radical (unpaired) electrons. The summed E-state index contributed by atoms with van der Waals surface area (Å²) in [6, 6.07) is 0.224. The lowest BCUT2D eigenvalue weighted by atomic mass is 10.1. The maximum absolute atomic E-state index is 12.8. The van der Waals surface area contributed by atoms with E-state index in [2.05, 4.69) is 15.7 Å². The van der Waals surface area contributed by atoms with Crippen LogP contribution >= 0.6 is 22.9 Å². The number of halogens is 1. The number of carbonyl (C=O) groups is 2. The molecule has 0 atom stereocenters. The van der Waals surface area contributed by atoms with Gasteiger partial charge in [-0.1, -0.05) is 24.4 Å². The van der Waals surface area contributed by atoms with Gasteiger partial charge in [0.1, 0.15) is 10.7 Å². The van der Waals surface area contributed by atoms with E-state index in [-0.39, 0.29) is 28.6 Å². The molecule has 1 saturated carbocycles. The number of nitrogens with zero attached hydrogens (tertiary/aromatic N) is 2. The number of hydrogen-bond acceptors (Lipinski definition) is 4. The zero-order valence-electron chi connectivity index (χ0n) is 14.5. The third kappa shape index (κ3) is 3.57. The molecule has 2 N–H and O–H groups in total. The topological polar surface area (TPSA) is 76.0 Å². The normalized spacial score (nSPS) is 14.7. The van der Waals surface area contributed by atoms with E-state index in [1.807, 2.05) is 13.8 Å². The van der Waals surface area contributed by atoms with Crippen molar-refractivity contribution in [3.05, 3.63) is 32.9 Å². The highest BCUT2D eigenvalue weighted by Crippen LogP contribution is 2.33. The Morgan fingerprint density at radius 1 is 1.28 bits per heavy atom. The van der Waals surface area contributed by atoms with Crippen molar-refractivity contribution in [3.8, 4) is 0 Å². The largest absolute Gasteiger partial charge is 0.349 e. The van der Waals surface area contributed by atoms with Crippen molar-refractivity contribution in [2.45, 2.75) is 45.6 Å². The standard InChI is InChI=1S/C17H21ClN4O2S/c1-9-10(2)25-17(13(9)15(23)20-11-6-4-5-7-11)21-16(24)14-12(18)8-19-22(14)3/h8,11H,4-7H2,1-3H3,(H,20,23)(H,21,24). The molecule has 1 fully saturated rings. The van der Waals surface area contributed by atoms with Crippen LogP contribution in [0.1, 0.15) is 57.0 Å². The molecule has 6 nitrogen and oxygen atoms in total. The second-order valence-corrected chi connectivity index (χ2v) is 7.99. The molecule has 0 spiro atoms. The first-order chi connectivity index (χ1) is 11.9. The summed E-state index contributed by atoms with van der Waals surface area (Å²) in [5, 5.41) is 10.7. The Balaban J connectivity index is 1.85. The number of aryl methyl sites for hydroxylation is 2. The third-order valence-electron chi connectivity index (χ3n) is 4.64. The summed E-state index contributed by atoms with van der Waals surface area (Å²) in [5.41, 5.74) is 1.71. The SMILES string of the molecule is Cc1sc(NC(=O)c2c(Cl)cnn2C)c(C(=O)NC2CCCC2)c1C.